The maximum atomic E-state index is 12.4. The summed E-state index contributed by atoms with van der Waals surface area (Å²) in [5.41, 5.74) is 7.32. The van der Waals surface area contributed by atoms with Gasteiger partial charge < -0.3 is 15.8 Å². The minimum atomic E-state index is -0.580. The quantitative estimate of drug-likeness (QED) is 0.439. The summed E-state index contributed by atoms with van der Waals surface area (Å²) in [6, 6.07) is 5.30. The average Bonchev–Trinajstić information content (AvgIpc) is 2.59. The van der Waals surface area contributed by atoms with Crippen LogP contribution in [0.4, 0.5) is 11.5 Å². The van der Waals surface area contributed by atoms with Crippen molar-refractivity contribution in [1.82, 2.24) is 9.97 Å². The molecule has 0 saturated heterocycles. The van der Waals surface area contributed by atoms with Gasteiger partial charge in [0.05, 0.1) is 11.9 Å². The number of esters is 1. The molecule has 0 unspecified atom stereocenters. The molecule has 1 heterocycles. The number of hydrogen-bond donors (Lipinski definition) is 2. The first kappa shape index (κ1) is 20.0. The molecule has 7 nitrogen and oxygen atoms in total. The molecule has 0 aliphatic rings. The fourth-order valence-electron chi connectivity index (χ4n) is 1.99. The highest BCUT2D eigenvalue weighted by Crippen LogP contribution is 2.26. The summed E-state index contributed by atoms with van der Waals surface area (Å²) >= 11 is 7.19. The van der Waals surface area contributed by atoms with Crippen molar-refractivity contribution in [3.05, 3.63) is 40.5 Å². The lowest BCUT2D eigenvalue weighted by molar-refractivity contribution is -0.115. The number of anilines is 2. The second-order valence-corrected chi connectivity index (χ2v) is 7.05. The molecule has 26 heavy (non-hydrogen) atoms. The maximum absolute atomic E-state index is 12.4. The van der Waals surface area contributed by atoms with Crippen molar-refractivity contribution in [3.63, 3.8) is 0 Å². The van der Waals surface area contributed by atoms with Gasteiger partial charge in [-0.3, -0.25) is 4.79 Å². The van der Waals surface area contributed by atoms with E-state index in [9.17, 15) is 9.59 Å². The van der Waals surface area contributed by atoms with E-state index in [-0.39, 0.29) is 23.9 Å². The third-order valence-corrected chi connectivity index (χ3v) is 4.85. The van der Waals surface area contributed by atoms with Crippen molar-refractivity contribution in [2.75, 3.05) is 17.7 Å². The summed E-state index contributed by atoms with van der Waals surface area (Å²) in [6.07, 6.45) is 1.30. The first-order chi connectivity index (χ1) is 12.3. The largest absolute Gasteiger partial charge is 0.462 e. The Hall–Kier alpha value is -2.32. The Labute approximate surface area is 160 Å². The van der Waals surface area contributed by atoms with E-state index in [0.29, 0.717) is 15.9 Å². The van der Waals surface area contributed by atoms with Crippen LogP contribution in [0.3, 0.4) is 0 Å². The number of ether oxygens (including phenoxy) is 1. The van der Waals surface area contributed by atoms with Gasteiger partial charge in [-0.2, -0.15) is 0 Å². The van der Waals surface area contributed by atoms with Crippen molar-refractivity contribution in [2.24, 2.45) is 0 Å². The lowest BCUT2D eigenvalue weighted by Gasteiger charge is -2.14. The molecular weight excluding hydrogens is 376 g/mol. The summed E-state index contributed by atoms with van der Waals surface area (Å²) in [7, 11) is 0. The molecule has 9 heteroatoms. The summed E-state index contributed by atoms with van der Waals surface area (Å²) in [6.45, 7) is 5.47. The molecule has 1 aromatic heterocycles. The van der Waals surface area contributed by atoms with Crippen LogP contribution < -0.4 is 11.1 Å². The van der Waals surface area contributed by atoms with E-state index in [1.54, 1.807) is 32.0 Å². The third kappa shape index (κ3) is 4.86. The molecule has 2 rings (SSSR count). The maximum Gasteiger partial charge on any atom is 0.343 e. The molecule has 2 aromatic rings. The molecule has 0 aliphatic carbocycles. The van der Waals surface area contributed by atoms with Crippen LogP contribution in [0, 0.1) is 6.92 Å². The molecule has 138 valence electrons. The van der Waals surface area contributed by atoms with Crippen molar-refractivity contribution in [3.8, 4) is 0 Å². The van der Waals surface area contributed by atoms with Crippen LogP contribution in [0.25, 0.3) is 0 Å². The summed E-state index contributed by atoms with van der Waals surface area (Å²) in [5, 5.41) is 3.21. The molecule has 0 spiro atoms. The van der Waals surface area contributed by atoms with Crippen molar-refractivity contribution < 1.29 is 14.3 Å². The number of carbonyl (C=O) groups is 2. The molecule has 0 radical (unpaired) electrons. The zero-order valence-corrected chi connectivity index (χ0v) is 16.1. The smallest absolute Gasteiger partial charge is 0.343 e. The van der Waals surface area contributed by atoms with E-state index in [2.05, 4.69) is 15.3 Å². The normalized spacial score (nSPS) is 11.7. The molecular formula is C17H19ClN4O3S. The number of nitrogens with two attached hydrogens (primary N) is 1. The second-order valence-electron chi connectivity index (χ2n) is 5.33. The Morgan fingerprint density at radius 2 is 2.15 bits per heavy atom. The minimum absolute atomic E-state index is 0.0132. The highest BCUT2D eigenvalue weighted by atomic mass is 35.5. The Balaban J connectivity index is 2.06. The van der Waals surface area contributed by atoms with Crippen molar-refractivity contribution >= 4 is 46.7 Å². The van der Waals surface area contributed by atoms with E-state index in [0.717, 1.165) is 17.3 Å². The zero-order valence-electron chi connectivity index (χ0n) is 14.6. The average molecular weight is 395 g/mol. The van der Waals surface area contributed by atoms with Crippen LogP contribution in [0.15, 0.2) is 29.6 Å². The first-order valence-corrected chi connectivity index (χ1v) is 9.11. The number of hydrogen-bond acceptors (Lipinski definition) is 7. The molecule has 0 bridgehead atoms. The monoisotopic (exact) mass is 394 g/mol. The fourth-order valence-corrected chi connectivity index (χ4v) is 2.91. The van der Waals surface area contributed by atoms with Crippen molar-refractivity contribution in [2.45, 2.75) is 31.2 Å². The van der Waals surface area contributed by atoms with Gasteiger partial charge in [0.1, 0.15) is 11.4 Å². The van der Waals surface area contributed by atoms with E-state index in [1.807, 2.05) is 6.92 Å². The van der Waals surface area contributed by atoms with Crippen LogP contribution in [-0.2, 0) is 9.53 Å². The number of benzene rings is 1. The van der Waals surface area contributed by atoms with Crippen LogP contribution in [0.1, 0.15) is 29.8 Å². The van der Waals surface area contributed by atoms with Gasteiger partial charge >= 0.3 is 5.97 Å². The molecule has 1 aromatic carbocycles. The number of carbonyl (C=O) groups excluding carboxylic acids is 2. The van der Waals surface area contributed by atoms with E-state index in [1.165, 1.54) is 6.20 Å². The number of thioether (sulfide) groups is 1. The van der Waals surface area contributed by atoms with Gasteiger partial charge in [0, 0.05) is 16.9 Å². The highest BCUT2D eigenvalue weighted by molar-refractivity contribution is 8.00. The van der Waals surface area contributed by atoms with Crippen LogP contribution in [-0.4, -0.2) is 33.7 Å². The van der Waals surface area contributed by atoms with Gasteiger partial charge in [0.2, 0.25) is 5.91 Å². The van der Waals surface area contributed by atoms with Gasteiger partial charge in [-0.25, -0.2) is 14.8 Å². The number of nitrogens with zero attached hydrogens (tertiary/aromatic N) is 2. The van der Waals surface area contributed by atoms with Gasteiger partial charge in [0.25, 0.3) is 0 Å². The van der Waals surface area contributed by atoms with Crippen LogP contribution in [0.5, 0.6) is 0 Å². The standard InChI is InChI=1S/C17H19ClN4O3S/c1-4-25-16(24)11-8-20-17(22-14(11)19)26-10(3)15(23)21-13-7-5-6-12(18)9(13)2/h5-8,10H,4H2,1-3H3,(H,21,23)(H2,19,20,22)/t10-/m0/s1. The predicted octanol–water partition coefficient (Wildman–Crippen LogP) is 3.32. The molecule has 3 N–H and O–H groups in total. The molecule has 1 amide bonds. The van der Waals surface area contributed by atoms with Crippen molar-refractivity contribution in [1.29, 1.82) is 0 Å². The van der Waals surface area contributed by atoms with Gasteiger partial charge in [-0.1, -0.05) is 29.4 Å². The molecule has 0 aliphatic heterocycles. The molecule has 0 saturated carbocycles. The second kappa shape index (κ2) is 8.86. The lowest BCUT2D eigenvalue weighted by Crippen LogP contribution is -2.23. The lowest BCUT2D eigenvalue weighted by atomic mass is 10.2. The number of nitrogen functional groups attached to an aromatic ring is 1. The Bertz CT molecular complexity index is 832. The number of amides is 1. The fraction of sp³-hybridized carbons (Fsp3) is 0.294. The van der Waals surface area contributed by atoms with Gasteiger partial charge in [0.15, 0.2) is 5.16 Å². The van der Waals surface area contributed by atoms with Crippen LogP contribution >= 0.6 is 23.4 Å². The number of halogens is 1. The molecule has 1 atom stereocenters. The zero-order chi connectivity index (χ0) is 19.3. The number of nitrogens with one attached hydrogen (secondary N) is 1. The Morgan fingerprint density at radius 3 is 2.81 bits per heavy atom. The Morgan fingerprint density at radius 1 is 1.42 bits per heavy atom. The minimum Gasteiger partial charge on any atom is -0.462 e. The number of rotatable bonds is 6. The van der Waals surface area contributed by atoms with E-state index in [4.69, 9.17) is 22.1 Å². The van der Waals surface area contributed by atoms with E-state index >= 15 is 0 Å². The number of aromatic nitrogens is 2. The van der Waals surface area contributed by atoms with Crippen LogP contribution in [0.2, 0.25) is 5.02 Å². The predicted molar refractivity (Wildman–Crippen MR) is 103 cm³/mol. The summed E-state index contributed by atoms with van der Waals surface area (Å²) in [4.78, 5) is 32.2. The SMILES string of the molecule is CCOC(=O)c1cnc(S[C@@H](C)C(=O)Nc2cccc(Cl)c2C)nc1N. The third-order valence-electron chi connectivity index (χ3n) is 3.47. The highest BCUT2D eigenvalue weighted by Gasteiger charge is 2.19. The van der Waals surface area contributed by atoms with Gasteiger partial charge in [-0.05, 0) is 38.5 Å². The van der Waals surface area contributed by atoms with Gasteiger partial charge in [-0.15, -0.1) is 0 Å². The first-order valence-electron chi connectivity index (χ1n) is 7.85. The summed E-state index contributed by atoms with van der Waals surface area (Å²) < 4.78 is 4.87. The summed E-state index contributed by atoms with van der Waals surface area (Å²) in [5.74, 6) is -0.792. The van der Waals surface area contributed by atoms with E-state index < -0.39 is 11.2 Å². The topological polar surface area (TPSA) is 107 Å². The molecule has 0 fully saturated rings. The Kier molecular flexibility index (Phi) is 6.82.